The number of rotatable bonds is 6. The van der Waals surface area contributed by atoms with E-state index in [0.717, 1.165) is 24.5 Å². The highest BCUT2D eigenvalue weighted by Crippen LogP contribution is 2.48. The van der Waals surface area contributed by atoms with Gasteiger partial charge in [-0.3, -0.25) is 4.79 Å². The zero-order valence-corrected chi connectivity index (χ0v) is 22.9. The van der Waals surface area contributed by atoms with Gasteiger partial charge in [-0.2, -0.15) is 13.2 Å². The van der Waals surface area contributed by atoms with E-state index < -0.39 is 17.6 Å². The zero-order chi connectivity index (χ0) is 29.4. The van der Waals surface area contributed by atoms with E-state index in [1.165, 1.54) is 18.5 Å². The Labute approximate surface area is 239 Å². The smallest absolute Gasteiger partial charge is 0.418 e. The van der Waals surface area contributed by atoms with Gasteiger partial charge in [-0.25, -0.2) is 19.9 Å². The van der Waals surface area contributed by atoms with Crippen LogP contribution in [0.2, 0.25) is 0 Å². The number of ether oxygens (including phenoxy) is 2. The number of hydrogen-bond acceptors (Lipinski definition) is 8. The average Bonchev–Trinajstić information content (AvgIpc) is 3.47. The first-order chi connectivity index (χ1) is 20.2. The molecule has 2 aromatic carbocycles. The number of amides is 1. The fourth-order valence-corrected chi connectivity index (χ4v) is 5.22. The monoisotopic (exact) mass is 576 g/mol. The molecular weight excluding hydrogens is 549 g/mol. The maximum atomic E-state index is 14.1. The van der Waals surface area contributed by atoms with Gasteiger partial charge < -0.3 is 19.7 Å². The van der Waals surface area contributed by atoms with Gasteiger partial charge >= 0.3 is 6.18 Å². The molecule has 1 amide bonds. The third-order valence-electron chi connectivity index (χ3n) is 7.34. The lowest BCUT2D eigenvalue weighted by molar-refractivity contribution is -0.137. The molecule has 2 aliphatic heterocycles. The van der Waals surface area contributed by atoms with Crippen LogP contribution in [0, 0.1) is 6.92 Å². The second-order valence-electron chi connectivity index (χ2n) is 10.1. The van der Waals surface area contributed by atoms with E-state index in [2.05, 4.69) is 25.3 Å². The number of carbonyl (C=O) groups excluding carboxylic acids is 1. The standard InChI is InChI=1S/C30H27F3N6O3/c1-3-25-35-16-36-27(38-25)21-7-4-10-34-29(21)42-23-12-18(9-8-17(23)2)28(40)37-19-13-22(30(31,32)33)26-24(14-19)41-15-20-6-5-11-39(20)26/h4,7-10,12-14,16,20H,3,5-6,11,15H2,1-2H3,(H,37,40). The van der Waals surface area contributed by atoms with Gasteiger partial charge in [0.25, 0.3) is 5.91 Å². The Balaban J connectivity index is 1.28. The fraction of sp³-hybridized carbons (Fsp3) is 0.300. The molecule has 0 saturated carbocycles. The second-order valence-corrected chi connectivity index (χ2v) is 10.1. The molecule has 1 saturated heterocycles. The molecule has 0 radical (unpaired) electrons. The molecule has 2 aliphatic rings. The van der Waals surface area contributed by atoms with Crippen molar-refractivity contribution in [2.75, 3.05) is 23.4 Å². The van der Waals surface area contributed by atoms with E-state index in [9.17, 15) is 18.0 Å². The summed E-state index contributed by atoms with van der Waals surface area (Å²) in [6.07, 6.45) is 0.571. The molecule has 6 rings (SSSR count). The number of pyridine rings is 1. The molecule has 1 unspecified atom stereocenters. The Bertz CT molecular complexity index is 1660. The minimum absolute atomic E-state index is 0.0136. The molecule has 42 heavy (non-hydrogen) atoms. The average molecular weight is 577 g/mol. The van der Waals surface area contributed by atoms with Crippen molar-refractivity contribution in [2.45, 2.75) is 45.3 Å². The molecule has 12 heteroatoms. The number of alkyl halides is 3. The number of fused-ring (bicyclic) bond motifs is 3. The Morgan fingerprint density at radius 1 is 1.17 bits per heavy atom. The first-order valence-electron chi connectivity index (χ1n) is 13.6. The lowest BCUT2D eigenvalue weighted by Crippen LogP contribution is -2.39. The van der Waals surface area contributed by atoms with Gasteiger partial charge in [-0.15, -0.1) is 0 Å². The Morgan fingerprint density at radius 2 is 2.02 bits per heavy atom. The van der Waals surface area contributed by atoms with Crippen molar-refractivity contribution in [2.24, 2.45) is 0 Å². The summed E-state index contributed by atoms with van der Waals surface area (Å²) in [5, 5.41) is 2.61. The van der Waals surface area contributed by atoms with E-state index in [0.29, 0.717) is 42.5 Å². The minimum Gasteiger partial charge on any atom is -0.489 e. The summed E-state index contributed by atoms with van der Waals surface area (Å²) in [4.78, 5) is 32.2. The highest BCUT2D eigenvalue weighted by molar-refractivity contribution is 6.05. The van der Waals surface area contributed by atoms with E-state index in [1.807, 2.05) is 6.92 Å². The summed E-state index contributed by atoms with van der Waals surface area (Å²) in [7, 11) is 0. The highest BCUT2D eigenvalue weighted by Gasteiger charge is 2.42. The van der Waals surface area contributed by atoms with E-state index >= 15 is 0 Å². The largest absolute Gasteiger partial charge is 0.489 e. The van der Waals surface area contributed by atoms with E-state index in [-0.39, 0.29) is 34.6 Å². The van der Waals surface area contributed by atoms with Gasteiger partial charge in [0.2, 0.25) is 5.88 Å². The maximum absolute atomic E-state index is 14.1. The van der Waals surface area contributed by atoms with Crippen molar-refractivity contribution in [1.82, 2.24) is 19.9 Å². The molecule has 0 spiro atoms. The van der Waals surface area contributed by atoms with Crippen molar-refractivity contribution in [3.05, 3.63) is 77.5 Å². The van der Waals surface area contributed by atoms with Crippen molar-refractivity contribution in [3.8, 4) is 28.8 Å². The lowest BCUT2D eigenvalue weighted by Gasteiger charge is -2.35. The third-order valence-corrected chi connectivity index (χ3v) is 7.34. The normalized spacial score (nSPS) is 15.9. The van der Waals surface area contributed by atoms with Crippen LogP contribution in [0.5, 0.6) is 17.4 Å². The van der Waals surface area contributed by atoms with Crippen molar-refractivity contribution >= 4 is 17.3 Å². The summed E-state index contributed by atoms with van der Waals surface area (Å²) in [6.45, 7) is 4.58. The molecule has 1 fully saturated rings. The predicted octanol–water partition coefficient (Wildman–Crippen LogP) is 6.23. The number of hydrogen-bond donors (Lipinski definition) is 1. The van der Waals surface area contributed by atoms with Gasteiger partial charge in [-0.05, 0) is 55.7 Å². The van der Waals surface area contributed by atoms with Crippen LogP contribution >= 0.6 is 0 Å². The van der Waals surface area contributed by atoms with Gasteiger partial charge in [0.15, 0.2) is 5.82 Å². The van der Waals surface area contributed by atoms with E-state index in [1.54, 1.807) is 42.3 Å². The molecule has 4 aromatic rings. The number of nitrogens with one attached hydrogen (secondary N) is 1. The zero-order valence-electron chi connectivity index (χ0n) is 22.9. The third kappa shape index (κ3) is 5.31. The molecule has 1 atom stereocenters. The molecule has 1 N–H and O–H groups in total. The number of halogens is 3. The molecule has 216 valence electrons. The summed E-state index contributed by atoms with van der Waals surface area (Å²) >= 11 is 0. The first-order valence-corrected chi connectivity index (χ1v) is 13.6. The minimum atomic E-state index is -4.62. The Hall–Kier alpha value is -4.74. The number of nitrogens with zero attached hydrogens (tertiary/aromatic N) is 5. The van der Waals surface area contributed by atoms with Crippen LogP contribution in [0.4, 0.5) is 24.5 Å². The molecule has 4 heterocycles. The van der Waals surface area contributed by atoms with Crippen LogP contribution in [-0.4, -0.2) is 45.0 Å². The summed E-state index contributed by atoms with van der Waals surface area (Å²) in [5.41, 5.74) is 0.638. The highest BCUT2D eigenvalue weighted by atomic mass is 19.4. The van der Waals surface area contributed by atoms with E-state index in [4.69, 9.17) is 9.47 Å². The van der Waals surface area contributed by atoms with Gasteiger partial charge in [0.1, 0.15) is 30.3 Å². The van der Waals surface area contributed by atoms with Gasteiger partial charge in [0, 0.05) is 36.5 Å². The first kappa shape index (κ1) is 27.4. The lowest BCUT2D eigenvalue weighted by atomic mass is 10.1. The number of aromatic nitrogens is 4. The van der Waals surface area contributed by atoms with Gasteiger partial charge in [-0.1, -0.05) is 13.0 Å². The van der Waals surface area contributed by atoms with Crippen LogP contribution < -0.4 is 19.7 Å². The Kier molecular flexibility index (Phi) is 7.13. The predicted molar refractivity (Wildman–Crippen MR) is 149 cm³/mol. The van der Waals surface area contributed by atoms with Crippen LogP contribution in [-0.2, 0) is 12.6 Å². The van der Waals surface area contributed by atoms with Crippen molar-refractivity contribution < 1.29 is 27.4 Å². The number of carbonyl (C=O) groups is 1. The SMILES string of the molecule is CCc1ncnc(-c2cccnc2Oc2cc(C(=O)Nc3cc4c(c(C(F)(F)F)c3)N3CCCC3CO4)ccc2C)n1. The fourth-order valence-electron chi connectivity index (χ4n) is 5.22. The molecular formula is C30H27F3N6O3. The van der Waals surface area contributed by atoms with Crippen LogP contribution in [0.1, 0.15) is 47.1 Å². The number of aryl methyl sites for hydroxylation is 2. The molecule has 0 bridgehead atoms. The van der Waals surface area contributed by atoms with Crippen LogP contribution in [0.25, 0.3) is 11.4 Å². The number of anilines is 2. The van der Waals surface area contributed by atoms with Crippen molar-refractivity contribution in [1.29, 1.82) is 0 Å². The topological polar surface area (TPSA) is 102 Å². The second kappa shape index (κ2) is 10.9. The quantitative estimate of drug-likeness (QED) is 0.288. The molecule has 9 nitrogen and oxygen atoms in total. The molecule has 0 aliphatic carbocycles. The number of benzene rings is 2. The van der Waals surface area contributed by atoms with Crippen LogP contribution in [0.15, 0.2) is 55.0 Å². The van der Waals surface area contributed by atoms with Crippen molar-refractivity contribution in [3.63, 3.8) is 0 Å². The summed E-state index contributed by atoms with van der Waals surface area (Å²) < 4.78 is 54.3. The Morgan fingerprint density at radius 3 is 2.83 bits per heavy atom. The maximum Gasteiger partial charge on any atom is 0.418 e. The molecule has 2 aromatic heterocycles. The summed E-state index contributed by atoms with van der Waals surface area (Å²) in [5.74, 6) is 1.09. The van der Waals surface area contributed by atoms with Crippen LogP contribution in [0.3, 0.4) is 0 Å². The summed E-state index contributed by atoms with van der Waals surface area (Å²) in [6, 6.07) is 10.6. The van der Waals surface area contributed by atoms with Gasteiger partial charge in [0.05, 0.1) is 22.9 Å².